The molecule has 132 valence electrons. The summed E-state index contributed by atoms with van der Waals surface area (Å²) in [5.74, 6) is 0.446. The SMILES string of the molecule is CC1(C)C(NC(=O)NCc2cnn(-c3ccccc3)c2)C2CCOC21. The van der Waals surface area contributed by atoms with E-state index >= 15 is 0 Å². The average molecular weight is 340 g/mol. The Kier molecular flexibility index (Phi) is 4.00. The van der Waals surface area contributed by atoms with E-state index < -0.39 is 0 Å². The summed E-state index contributed by atoms with van der Waals surface area (Å²) in [7, 11) is 0. The molecule has 6 heteroatoms. The molecule has 2 amide bonds. The fraction of sp³-hybridized carbons (Fsp3) is 0.474. The number of amides is 2. The largest absolute Gasteiger partial charge is 0.377 e. The minimum atomic E-state index is -0.129. The molecule has 1 aliphatic carbocycles. The van der Waals surface area contributed by atoms with E-state index in [0.717, 1.165) is 24.3 Å². The van der Waals surface area contributed by atoms with Crippen molar-refractivity contribution in [3.8, 4) is 5.69 Å². The third kappa shape index (κ3) is 2.91. The molecule has 1 saturated heterocycles. The molecule has 1 saturated carbocycles. The number of aromatic nitrogens is 2. The van der Waals surface area contributed by atoms with Crippen molar-refractivity contribution in [2.24, 2.45) is 11.3 Å². The number of hydrogen-bond acceptors (Lipinski definition) is 3. The highest BCUT2D eigenvalue weighted by atomic mass is 16.5. The molecule has 1 aromatic heterocycles. The highest BCUT2D eigenvalue weighted by Gasteiger charge is 2.59. The second-order valence-corrected chi connectivity index (χ2v) is 7.50. The fourth-order valence-electron chi connectivity index (χ4n) is 4.17. The molecule has 4 rings (SSSR count). The minimum absolute atomic E-state index is 0.00327. The van der Waals surface area contributed by atoms with Gasteiger partial charge in [-0.05, 0) is 18.6 Å². The predicted molar refractivity (Wildman–Crippen MR) is 94.4 cm³/mol. The highest BCUT2D eigenvalue weighted by molar-refractivity contribution is 5.74. The number of nitrogens with zero attached hydrogens (tertiary/aromatic N) is 2. The number of carbonyl (C=O) groups is 1. The number of benzene rings is 1. The van der Waals surface area contributed by atoms with E-state index in [1.807, 2.05) is 41.2 Å². The Bertz CT molecular complexity index is 756. The van der Waals surface area contributed by atoms with Crippen LogP contribution >= 0.6 is 0 Å². The van der Waals surface area contributed by atoms with Crippen LogP contribution in [0.4, 0.5) is 4.79 Å². The van der Waals surface area contributed by atoms with Crippen molar-refractivity contribution in [1.82, 2.24) is 20.4 Å². The Hall–Kier alpha value is -2.34. The van der Waals surface area contributed by atoms with Gasteiger partial charge < -0.3 is 15.4 Å². The summed E-state index contributed by atoms with van der Waals surface area (Å²) >= 11 is 0. The molecule has 0 radical (unpaired) electrons. The zero-order chi connectivity index (χ0) is 17.4. The van der Waals surface area contributed by atoms with Crippen LogP contribution < -0.4 is 10.6 Å². The molecule has 3 unspecified atom stereocenters. The maximum Gasteiger partial charge on any atom is 0.315 e. The predicted octanol–water partition coefficient (Wildman–Crippen LogP) is 2.49. The number of carbonyl (C=O) groups excluding carboxylic acids is 1. The van der Waals surface area contributed by atoms with E-state index in [0.29, 0.717) is 12.5 Å². The third-order valence-corrected chi connectivity index (χ3v) is 5.50. The van der Waals surface area contributed by atoms with Crippen LogP contribution in [0.15, 0.2) is 42.7 Å². The number of hydrogen-bond donors (Lipinski definition) is 2. The molecule has 3 atom stereocenters. The quantitative estimate of drug-likeness (QED) is 0.898. The molecule has 0 bridgehead atoms. The lowest BCUT2D eigenvalue weighted by molar-refractivity contribution is -0.108. The van der Waals surface area contributed by atoms with E-state index in [9.17, 15) is 4.79 Å². The number of rotatable bonds is 4. The zero-order valence-corrected chi connectivity index (χ0v) is 14.6. The standard InChI is InChI=1S/C19H24N4O2/c1-19(2)16(15-8-9-25-17(15)19)22-18(24)20-10-13-11-21-23(12-13)14-6-4-3-5-7-14/h3-7,11-12,15-17H,8-10H2,1-2H3,(H2,20,22,24). The molecule has 2 aromatic rings. The number of para-hydroxylation sites is 1. The second-order valence-electron chi connectivity index (χ2n) is 7.50. The Morgan fingerprint density at radius 2 is 2.16 bits per heavy atom. The first kappa shape index (κ1) is 16.1. The van der Waals surface area contributed by atoms with Gasteiger partial charge >= 0.3 is 6.03 Å². The maximum atomic E-state index is 12.3. The van der Waals surface area contributed by atoms with Crippen molar-refractivity contribution in [1.29, 1.82) is 0 Å². The number of fused-ring (bicyclic) bond motifs is 1. The van der Waals surface area contributed by atoms with Gasteiger partial charge in [-0.2, -0.15) is 5.10 Å². The maximum absolute atomic E-state index is 12.3. The third-order valence-electron chi connectivity index (χ3n) is 5.50. The zero-order valence-electron chi connectivity index (χ0n) is 14.6. The van der Waals surface area contributed by atoms with Crippen LogP contribution in [-0.4, -0.2) is 34.6 Å². The summed E-state index contributed by atoms with van der Waals surface area (Å²) in [5, 5.41) is 10.4. The van der Waals surface area contributed by atoms with Gasteiger partial charge in [-0.1, -0.05) is 32.0 Å². The first-order valence-corrected chi connectivity index (χ1v) is 8.80. The minimum Gasteiger partial charge on any atom is -0.377 e. The van der Waals surface area contributed by atoms with Crippen LogP contribution in [0.5, 0.6) is 0 Å². The van der Waals surface area contributed by atoms with E-state index in [-0.39, 0.29) is 23.6 Å². The number of nitrogens with one attached hydrogen (secondary N) is 2. The van der Waals surface area contributed by atoms with Crippen LogP contribution in [-0.2, 0) is 11.3 Å². The summed E-state index contributed by atoms with van der Waals surface area (Å²) in [6.07, 6.45) is 5.02. The lowest BCUT2D eigenvalue weighted by Gasteiger charge is -2.54. The normalized spacial score (nSPS) is 26.6. The van der Waals surface area contributed by atoms with Gasteiger partial charge in [0.15, 0.2) is 0 Å². The lowest BCUT2D eigenvalue weighted by Crippen LogP contribution is -2.67. The lowest BCUT2D eigenvalue weighted by atomic mass is 9.57. The van der Waals surface area contributed by atoms with Crippen molar-refractivity contribution >= 4 is 6.03 Å². The highest BCUT2D eigenvalue weighted by Crippen LogP contribution is 2.52. The summed E-state index contributed by atoms with van der Waals surface area (Å²) in [6, 6.07) is 9.96. The van der Waals surface area contributed by atoms with Crippen LogP contribution in [0.3, 0.4) is 0 Å². The molecule has 1 aliphatic heterocycles. The van der Waals surface area contributed by atoms with Gasteiger partial charge in [-0.15, -0.1) is 0 Å². The van der Waals surface area contributed by atoms with E-state index in [1.165, 1.54) is 0 Å². The van der Waals surface area contributed by atoms with Crippen LogP contribution in [0.25, 0.3) is 5.69 Å². The van der Waals surface area contributed by atoms with Crippen molar-refractivity contribution in [3.05, 3.63) is 48.3 Å². The summed E-state index contributed by atoms with van der Waals surface area (Å²) < 4.78 is 7.58. The topological polar surface area (TPSA) is 68.2 Å². The molecule has 1 aromatic carbocycles. The molecular formula is C19H24N4O2. The van der Waals surface area contributed by atoms with Crippen LogP contribution in [0.1, 0.15) is 25.8 Å². The van der Waals surface area contributed by atoms with Gasteiger partial charge in [0.25, 0.3) is 0 Å². The van der Waals surface area contributed by atoms with E-state index in [1.54, 1.807) is 6.20 Å². The monoisotopic (exact) mass is 340 g/mol. The first-order chi connectivity index (χ1) is 12.1. The van der Waals surface area contributed by atoms with Gasteiger partial charge in [-0.25, -0.2) is 9.48 Å². The Labute approximate surface area is 147 Å². The van der Waals surface area contributed by atoms with Crippen molar-refractivity contribution < 1.29 is 9.53 Å². The van der Waals surface area contributed by atoms with Gasteiger partial charge in [-0.3, -0.25) is 0 Å². The Balaban J connectivity index is 1.32. The van der Waals surface area contributed by atoms with Crippen LogP contribution in [0, 0.1) is 11.3 Å². The average Bonchev–Trinajstić information content (AvgIpc) is 3.27. The number of urea groups is 1. The number of ether oxygens (including phenoxy) is 1. The van der Waals surface area contributed by atoms with Crippen molar-refractivity contribution in [2.75, 3.05) is 6.61 Å². The molecule has 2 heterocycles. The van der Waals surface area contributed by atoms with Crippen LogP contribution in [0.2, 0.25) is 0 Å². The summed E-state index contributed by atoms with van der Waals surface area (Å²) in [5.41, 5.74) is 1.96. The van der Waals surface area contributed by atoms with Gasteiger partial charge in [0, 0.05) is 42.3 Å². The summed E-state index contributed by atoms with van der Waals surface area (Å²) in [6.45, 7) is 5.58. The molecule has 6 nitrogen and oxygen atoms in total. The summed E-state index contributed by atoms with van der Waals surface area (Å²) in [4.78, 5) is 12.3. The Morgan fingerprint density at radius 1 is 1.36 bits per heavy atom. The van der Waals surface area contributed by atoms with E-state index in [2.05, 4.69) is 29.6 Å². The van der Waals surface area contributed by atoms with Gasteiger partial charge in [0.05, 0.1) is 18.0 Å². The molecule has 0 spiro atoms. The Morgan fingerprint density at radius 3 is 2.96 bits per heavy atom. The molecule has 2 aliphatic rings. The fourth-order valence-corrected chi connectivity index (χ4v) is 4.17. The smallest absolute Gasteiger partial charge is 0.315 e. The van der Waals surface area contributed by atoms with Crippen molar-refractivity contribution in [2.45, 2.75) is 39.0 Å². The van der Waals surface area contributed by atoms with Crippen molar-refractivity contribution in [3.63, 3.8) is 0 Å². The first-order valence-electron chi connectivity index (χ1n) is 8.80. The molecular weight excluding hydrogens is 316 g/mol. The molecule has 2 fully saturated rings. The molecule has 2 N–H and O–H groups in total. The van der Waals surface area contributed by atoms with Gasteiger partial charge in [0.2, 0.25) is 0 Å². The second kappa shape index (κ2) is 6.19. The molecule has 25 heavy (non-hydrogen) atoms. The van der Waals surface area contributed by atoms with E-state index in [4.69, 9.17) is 4.74 Å². The van der Waals surface area contributed by atoms with Gasteiger partial charge in [0.1, 0.15) is 0 Å².